The van der Waals surface area contributed by atoms with Gasteiger partial charge in [-0.3, -0.25) is 19.7 Å². The van der Waals surface area contributed by atoms with Gasteiger partial charge in [-0.05, 0) is 18.2 Å². The van der Waals surface area contributed by atoms with Crippen LogP contribution in [0.3, 0.4) is 0 Å². The van der Waals surface area contributed by atoms with E-state index >= 15 is 0 Å². The van der Waals surface area contributed by atoms with Gasteiger partial charge in [-0.15, -0.1) is 0 Å². The molecule has 7 nitrogen and oxygen atoms in total. The van der Waals surface area contributed by atoms with Gasteiger partial charge in [-0.2, -0.15) is 0 Å². The fraction of sp³-hybridized carbons (Fsp3) is 0.176. The third-order valence-corrected chi connectivity index (χ3v) is 4.19. The fourth-order valence-corrected chi connectivity index (χ4v) is 2.89. The number of nitro groups is 1. The van der Waals surface area contributed by atoms with Gasteiger partial charge in [0.2, 0.25) is 0 Å². The monoisotopic (exact) mass is 326 g/mol. The summed E-state index contributed by atoms with van der Waals surface area (Å²) in [7, 11) is 1.54. The molecule has 0 spiro atoms. The van der Waals surface area contributed by atoms with E-state index in [9.17, 15) is 24.8 Å². The third-order valence-electron chi connectivity index (χ3n) is 4.19. The zero-order valence-corrected chi connectivity index (χ0v) is 12.8. The normalized spacial score (nSPS) is 19.2. The number of hydrogen-bond acceptors (Lipinski definition) is 5. The smallest absolute Gasteiger partial charge is 0.269 e. The first-order valence-electron chi connectivity index (χ1n) is 7.22. The standard InChI is InChI=1S/C17H14N2O5/c1-18-14-5-3-2-4-13(14)17(22,16(18)21)10-15(20)11-6-8-12(9-7-11)19(23)24/h2-9,22H,10H2,1H3. The summed E-state index contributed by atoms with van der Waals surface area (Å²) in [5.74, 6) is -1.04. The quantitative estimate of drug-likeness (QED) is 0.526. The third kappa shape index (κ3) is 2.35. The molecule has 1 aliphatic heterocycles. The maximum atomic E-state index is 12.4. The summed E-state index contributed by atoms with van der Waals surface area (Å²) >= 11 is 0. The first-order chi connectivity index (χ1) is 11.3. The molecule has 2 aromatic rings. The first kappa shape index (κ1) is 15.8. The van der Waals surface area contributed by atoms with E-state index in [1.807, 2.05) is 0 Å². The second kappa shape index (κ2) is 5.54. The van der Waals surface area contributed by atoms with E-state index < -0.39 is 28.6 Å². The van der Waals surface area contributed by atoms with Gasteiger partial charge in [-0.1, -0.05) is 18.2 Å². The molecule has 7 heteroatoms. The topological polar surface area (TPSA) is 101 Å². The first-order valence-corrected chi connectivity index (χ1v) is 7.22. The maximum absolute atomic E-state index is 12.4. The molecule has 0 bridgehead atoms. The number of nitro benzene ring substituents is 1. The van der Waals surface area contributed by atoms with Crippen molar-refractivity contribution in [2.75, 3.05) is 11.9 Å². The average Bonchev–Trinajstić information content (AvgIpc) is 2.77. The van der Waals surface area contributed by atoms with Crippen molar-refractivity contribution in [3.63, 3.8) is 0 Å². The Morgan fingerprint density at radius 1 is 1.21 bits per heavy atom. The molecule has 3 rings (SSSR count). The number of carbonyl (C=O) groups is 2. The summed E-state index contributed by atoms with van der Waals surface area (Å²) in [6, 6.07) is 11.8. The number of amides is 1. The molecular weight excluding hydrogens is 312 g/mol. The van der Waals surface area contributed by atoms with Crippen LogP contribution in [-0.2, 0) is 10.4 Å². The number of benzene rings is 2. The van der Waals surface area contributed by atoms with E-state index in [0.29, 0.717) is 11.3 Å². The Labute approximate surface area is 137 Å². The number of rotatable bonds is 4. The van der Waals surface area contributed by atoms with E-state index in [2.05, 4.69) is 0 Å². The highest BCUT2D eigenvalue weighted by molar-refractivity contribution is 6.10. The summed E-state index contributed by atoms with van der Waals surface area (Å²) in [4.78, 5) is 36.3. The maximum Gasteiger partial charge on any atom is 0.269 e. The largest absolute Gasteiger partial charge is 0.375 e. The average molecular weight is 326 g/mol. The fourth-order valence-electron chi connectivity index (χ4n) is 2.89. The number of ketones is 1. The summed E-state index contributed by atoms with van der Waals surface area (Å²) in [5.41, 5.74) is -0.917. The van der Waals surface area contributed by atoms with Gasteiger partial charge in [0.25, 0.3) is 11.6 Å². The molecule has 1 N–H and O–H groups in total. The molecule has 0 saturated heterocycles. The van der Waals surface area contributed by atoms with Crippen molar-refractivity contribution in [1.29, 1.82) is 0 Å². The van der Waals surface area contributed by atoms with Crippen LogP contribution in [0.5, 0.6) is 0 Å². The van der Waals surface area contributed by atoms with E-state index in [4.69, 9.17) is 0 Å². The van der Waals surface area contributed by atoms with E-state index in [0.717, 1.165) is 0 Å². The zero-order valence-electron chi connectivity index (χ0n) is 12.8. The molecule has 1 unspecified atom stereocenters. The van der Waals surface area contributed by atoms with E-state index in [1.54, 1.807) is 24.3 Å². The molecule has 2 aromatic carbocycles. The van der Waals surface area contributed by atoms with Crippen molar-refractivity contribution >= 4 is 23.1 Å². The number of anilines is 1. The Morgan fingerprint density at radius 2 is 1.83 bits per heavy atom. The molecule has 1 atom stereocenters. The van der Waals surface area contributed by atoms with Gasteiger partial charge in [0.15, 0.2) is 11.4 Å². The Balaban J connectivity index is 1.91. The zero-order chi connectivity index (χ0) is 17.5. The van der Waals surface area contributed by atoms with Crippen LogP contribution in [0.4, 0.5) is 11.4 Å². The minimum absolute atomic E-state index is 0.132. The molecule has 0 fully saturated rings. The van der Waals surface area contributed by atoms with Crippen LogP contribution in [0.1, 0.15) is 22.3 Å². The summed E-state index contributed by atoms with van der Waals surface area (Å²) in [5, 5.41) is 21.5. The van der Waals surface area contributed by atoms with Crippen molar-refractivity contribution in [3.05, 3.63) is 69.8 Å². The number of likely N-dealkylation sites (N-methyl/N-ethyl adjacent to an activating group) is 1. The number of fused-ring (bicyclic) bond motifs is 1. The van der Waals surface area contributed by atoms with Gasteiger partial charge < -0.3 is 10.0 Å². The number of Topliss-reactive ketones (excluding diaryl/α,β-unsaturated/α-hetero) is 1. The molecule has 1 amide bonds. The van der Waals surface area contributed by atoms with Crippen LogP contribution < -0.4 is 4.90 Å². The lowest BCUT2D eigenvalue weighted by atomic mass is 9.88. The molecular formula is C17H14N2O5. The lowest BCUT2D eigenvalue weighted by molar-refractivity contribution is -0.384. The minimum atomic E-state index is -1.93. The molecule has 0 aromatic heterocycles. The summed E-state index contributed by atoms with van der Waals surface area (Å²) < 4.78 is 0. The number of aliphatic hydroxyl groups is 1. The van der Waals surface area contributed by atoms with Gasteiger partial charge in [0.05, 0.1) is 17.0 Å². The van der Waals surface area contributed by atoms with Crippen LogP contribution in [0.15, 0.2) is 48.5 Å². The van der Waals surface area contributed by atoms with Crippen LogP contribution in [0, 0.1) is 10.1 Å². The predicted octanol–water partition coefficient (Wildman–Crippen LogP) is 2.03. The lowest BCUT2D eigenvalue weighted by Crippen LogP contribution is -2.40. The number of hydrogen-bond donors (Lipinski definition) is 1. The molecule has 24 heavy (non-hydrogen) atoms. The van der Waals surface area contributed by atoms with E-state index in [1.165, 1.54) is 36.2 Å². The highest BCUT2D eigenvalue weighted by Gasteiger charge is 2.49. The molecule has 122 valence electrons. The van der Waals surface area contributed by atoms with Crippen molar-refractivity contribution in [3.8, 4) is 0 Å². The Bertz CT molecular complexity index is 846. The second-order valence-electron chi connectivity index (χ2n) is 5.65. The van der Waals surface area contributed by atoms with Crippen LogP contribution in [0.25, 0.3) is 0 Å². The van der Waals surface area contributed by atoms with Gasteiger partial charge >= 0.3 is 0 Å². The predicted molar refractivity (Wildman–Crippen MR) is 85.8 cm³/mol. The lowest BCUT2D eigenvalue weighted by Gasteiger charge is -2.21. The molecule has 0 aliphatic carbocycles. The van der Waals surface area contributed by atoms with Crippen LogP contribution in [0.2, 0.25) is 0 Å². The number of nitrogens with zero attached hydrogens (tertiary/aromatic N) is 2. The van der Waals surface area contributed by atoms with Gasteiger partial charge in [0.1, 0.15) is 0 Å². The number of non-ortho nitro benzene ring substituents is 1. The highest BCUT2D eigenvalue weighted by Crippen LogP contribution is 2.41. The van der Waals surface area contributed by atoms with Crippen LogP contribution >= 0.6 is 0 Å². The number of carbonyl (C=O) groups excluding carboxylic acids is 2. The molecule has 1 heterocycles. The minimum Gasteiger partial charge on any atom is -0.375 e. The Kier molecular flexibility index (Phi) is 3.65. The van der Waals surface area contributed by atoms with Gasteiger partial charge in [-0.25, -0.2) is 0 Å². The molecule has 0 radical (unpaired) electrons. The number of para-hydroxylation sites is 1. The van der Waals surface area contributed by atoms with Crippen molar-refractivity contribution in [2.24, 2.45) is 0 Å². The summed E-state index contributed by atoms with van der Waals surface area (Å²) in [6.45, 7) is 0. The molecule has 0 saturated carbocycles. The van der Waals surface area contributed by atoms with Crippen molar-refractivity contribution in [1.82, 2.24) is 0 Å². The second-order valence-corrected chi connectivity index (χ2v) is 5.65. The van der Waals surface area contributed by atoms with Crippen LogP contribution in [-0.4, -0.2) is 28.8 Å². The summed E-state index contributed by atoms with van der Waals surface area (Å²) in [6.07, 6.45) is -0.426. The highest BCUT2D eigenvalue weighted by atomic mass is 16.6. The molecule has 1 aliphatic rings. The Hall–Kier alpha value is -3.06. The van der Waals surface area contributed by atoms with Gasteiger partial charge in [0, 0.05) is 30.3 Å². The van der Waals surface area contributed by atoms with Crippen molar-refractivity contribution in [2.45, 2.75) is 12.0 Å². The SMILES string of the molecule is CN1C(=O)C(O)(CC(=O)c2ccc([N+](=O)[O-])cc2)c2ccccc21. The van der Waals surface area contributed by atoms with E-state index in [-0.39, 0.29) is 11.3 Å². The Morgan fingerprint density at radius 3 is 2.46 bits per heavy atom. The van der Waals surface area contributed by atoms with Crippen molar-refractivity contribution < 1.29 is 19.6 Å².